The summed E-state index contributed by atoms with van der Waals surface area (Å²) in [5, 5.41) is 47.8. The van der Waals surface area contributed by atoms with Crippen LogP contribution in [-0.2, 0) is 26.0 Å². The second kappa shape index (κ2) is 12.7. The number of carbonyl (C=O) groups is 1. The number of nitrogens with two attached hydrogens (primary N) is 1. The van der Waals surface area contributed by atoms with Crippen LogP contribution < -0.4 is 24.7 Å². The summed E-state index contributed by atoms with van der Waals surface area (Å²) < 4.78 is 45.2. The first-order valence-electron chi connectivity index (χ1n) is 11.7. The number of ether oxygens (including phenoxy) is 4. The smallest absolute Gasteiger partial charge is 0.335 e. The fourth-order valence-corrected chi connectivity index (χ4v) is 4.65. The summed E-state index contributed by atoms with van der Waals surface area (Å²) in [5.74, 6) is -0.942. The highest BCUT2D eigenvalue weighted by molar-refractivity contribution is 7.89. The van der Waals surface area contributed by atoms with Crippen molar-refractivity contribution in [2.24, 2.45) is 5.14 Å². The van der Waals surface area contributed by atoms with Gasteiger partial charge < -0.3 is 44.7 Å². The lowest BCUT2D eigenvalue weighted by atomic mass is 9.99. The molecule has 1 saturated heterocycles. The van der Waals surface area contributed by atoms with Crippen LogP contribution >= 0.6 is 0 Å². The number of carboxylic acid groups (broad SMARTS) is 1. The molecule has 2 aromatic carbocycles. The number of hydrogen-bond donors (Lipinski definition) is 6. The number of aliphatic carboxylic acids is 1. The Morgan fingerprint density at radius 3 is 2.39 bits per heavy atom. The molecule has 0 radical (unpaired) electrons. The van der Waals surface area contributed by atoms with Crippen LogP contribution in [0.1, 0.15) is 12.5 Å². The summed E-state index contributed by atoms with van der Waals surface area (Å²) in [6.45, 7) is 2.52. The molecule has 1 aliphatic heterocycles. The van der Waals surface area contributed by atoms with Crippen LogP contribution in [0.25, 0.3) is 0 Å². The molecule has 6 atom stereocenters. The van der Waals surface area contributed by atoms with Gasteiger partial charge in [0, 0.05) is 12.6 Å². The summed E-state index contributed by atoms with van der Waals surface area (Å²) in [4.78, 5) is 11.2. The van der Waals surface area contributed by atoms with E-state index < -0.39 is 46.7 Å². The second-order valence-corrected chi connectivity index (χ2v) is 10.3. The van der Waals surface area contributed by atoms with Gasteiger partial charge in [-0.3, -0.25) is 0 Å². The zero-order valence-corrected chi connectivity index (χ0v) is 21.6. The van der Waals surface area contributed by atoms with E-state index in [4.69, 9.17) is 24.1 Å². The second-order valence-electron chi connectivity index (χ2n) is 8.74. The predicted molar refractivity (Wildman–Crippen MR) is 132 cm³/mol. The number of methoxy groups -OCH3 is 1. The van der Waals surface area contributed by atoms with Crippen molar-refractivity contribution in [2.75, 3.05) is 20.3 Å². The monoisotopic (exact) mass is 556 g/mol. The molecule has 1 aliphatic rings. The van der Waals surface area contributed by atoms with Crippen molar-refractivity contribution < 1.29 is 52.6 Å². The molecule has 0 saturated carbocycles. The number of aliphatic hydroxyl groups excluding tert-OH is 3. The Morgan fingerprint density at radius 1 is 1.08 bits per heavy atom. The van der Waals surface area contributed by atoms with Crippen LogP contribution in [0, 0.1) is 0 Å². The molecule has 0 aromatic heterocycles. The Morgan fingerprint density at radius 2 is 1.76 bits per heavy atom. The maximum atomic E-state index is 11.8. The number of aliphatic hydroxyl groups is 3. The number of carboxylic acids is 1. The Labute approximate surface area is 219 Å². The van der Waals surface area contributed by atoms with Gasteiger partial charge in [0.25, 0.3) is 0 Å². The molecule has 0 aliphatic carbocycles. The Bertz CT molecular complexity index is 1210. The van der Waals surface area contributed by atoms with Gasteiger partial charge in [0.05, 0.1) is 7.11 Å². The molecule has 0 bridgehead atoms. The fourth-order valence-electron chi connectivity index (χ4n) is 3.90. The zero-order valence-electron chi connectivity index (χ0n) is 20.8. The van der Waals surface area contributed by atoms with Crippen LogP contribution in [-0.4, -0.2) is 91.8 Å². The number of primary sulfonamides is 1. The van der Waals surface area contributed by atoms with Gasteiger partial charge in [0.1, 0.15) is 35.6 Å². The van der Waals surface area contributed by atoms with Gasteiger partial charge in [0.2, 0.25) is 16.3 Å². The van der Waals surface area contributed by atoms with Crippen LogP contribution in [0.2, 0.25) is 0 Å². The van der Waals surface area contributed by atoms with Crippen LogP contribution in [0.15, 0.2) is 47.4 Å². The van der Waals surface area contributed by atoms with E-state index in [9.17, 15) is 33.6 Å². The van der Waals surface area contributed by atoms with Gasteiger partial charge in [-0.25, -0.2) is 18.4 Å². The number of para-hydroxylation sites is 2. The van der Waals surface area contributed by atoms with Crippen molar-refractivity contribution in [2.45, 2.75) is 55.0 Å². The largest absolute Gasteiger partial charge is 0.495 e. The average Bonchev–Trinajstić information content (AvgIpc) is 2.87. The van der Waals surface area contributed by atoms with E-state index in [-0.39, 0.29) is 34.8 Å². The predicted octanol–water partition coefficient (Wildman–Crippen LogP) is -0.787. The average molecular weight is 557 g/mol. The highest BCUT2D eigenvalue weighted by atomic mass is 32.2. The Hall–Kier alpha value is -2.98. The maximum absolute atomic E-state index is 11.8. The highest BCUT2D eigenvalue weighted by Crippen LogP contribution is 2.31. The van der Waals surface area contributed by atoms with Gasteiger partial charge in [0.15, 0.2) is 17.6 Å². The molecule has 210 valence electrons. The molecule has 13 nitrogen and oxygen atoms in total. The quantitative estimate of drug-likeness (QED) is 0.178. The van der Waals surface area contributed by atoms with Crippen LogP contribution in [0.4, 0.5) is 0 Å². The number of rotatable bonds is 12. The summed E-state index contributed by atoms with van der Waals surface area (Å²) >= 11 is 0. The first kappa shape index (κ1) is 29.6. The first-order valence-corrected chi connectivity index (χ1v) is 13.2. The van der Waals surface area contributed by atoms with Gasteiger partial charge in [-0.2, -0.15) is 0 Å². The van der Waals surface area contributed by atoms with Crippen molar-refractivity contribution >= 4 is 16.0 Å². The first-order chi connectivity index (χ1) is 17.9. The molecule has 2 aromatic rings. The van der Waals surface area contributed by atoms with Crippen LogP contribution in [0.3, 0.4) is 0 Å². The molecular formula is C24H32N2O11S. The molecule has 38 heavy (non-hydrogen) atoms. The lowest BCUT2D eigenvalue weighted by Gasteiger charge is -2.38. The van der Waals surface area contributed by atoms with Crippen LogP contribution in [0.5, 0.6) is 17.2 Å². The minimum absolute atomic E-state index is 0.0570. The zero-order chi connectivity index (χ0) is 28.0. The molecule has 0 spiro atoms. The number of benzene rings is 2. The summed E-state index contributed by atoms with van der Waals surface area (Å²) in [7, 11) is -2.58. The third-order valence-corrected chi connectivity index (χ3v) is 6.77. The van der Waals surface area contributed by atoms with Crippen molar-refractivity contribution in [1.29, 1.82) is 0 Å². The highest BCUT2D eigenvalue weighted by Gasteiger charge is 2.48. The molecule has 0 unspecified atom stereocenters. The summed E-state index contributed by atoms with van der Waals surface area (Å²) in [6.07, 6.45) is -8.18. The van der Waals surface area contributed by atoms with Crippen molar-refractivity contribution in [3.8, 4) is 17.2 Å². The molecule has 7 N–H and O–H groups in total. The lowest BCUT2D eigenvalue weighted by Crippen LogP contribution is -2.61. The standard InChI is InChI=1S/C24H32N2O11S/c1-13(11-14-7-8-17(34-2)18(12-14)38(25,32)33)26-9-10-35-15-5-3-4-6-16(15)36-24-21(29)19(27)20(28)22(37-24)23(30)31/h3-8,12-13,19-22,24,26-29H,9-11H2,1-2H3,(H,30,31)(H2,25,32,33)/t13-,19+,20+,21-,22+,24-/m1/s1. The lowest BCUT2D eigenvalue weighted by molar-refractivity contribution is -0.271. The van der Waals surface area contributed by atoms with Gasteiger partial charge >= 0.3 is 5.97 Å². The summed E-state index contributed by atoms with van der Waals surface area (Å²) in [6, 6.07) is 11.1. The third kappa shape index (κ3) is 7.32. The minimum atomic E-state index is -3.94. The Kier molecular flexibility index (Phi) is 9.89. The van der Waals surface area contributed by atoms with Gasteiger partial charge in [-0.15, -0.1) is 0 Å². The van der Waals surface area contributed by atoms with Gasteiger partial charge in [-0.05, 0) is 43.2 Å². The van der Waals surface area contributed by atoms with Gasteiger partial charge in [-0.1, -0.05) is 18.2 Å². The van der Waals surface area contributed by atoms with E-state index in [2.05, 4.69) is 5.32 Å². The van der Waals surface area contributed by atoms with Crippen molar-refractivity contribution in [3.05, 3.63) is 48.0 Å². The van der Waals surface area contributed by atoms with E-state index in [1.165, 1.54) is 19.2 Å². The number of nitrogens with one attached hydrogen (secondary N) is 1. The maximum Gasteiger partial charge on any atom is 0.335 e. The Balaban J connectivity index is 1.55. The molecule has 1 fully saturated rings. The number of hydrogen-bond acceptors (Lipinski definition) is 11. The number of sulfonamides is 1. The van der Waals surface area contributed by atoms with E-state index in [1.807, 2.05) is 6.92 Å². The molecule has 3 rings (SSSR count). The van der Waals surface area contributed by atoms with E-state index >= 15 is 0 Å². The van der Waals surface area contributed by atoms with Crippen molar-refractivity contribution in [1.82, 2.24) is 5.32 Å². The third-order valence-electron chi connectivity index (χ3n) is 5.83. The molecular weight excluding hydrogens is 524 g/mol. The SMILES string of the molecule is COc1ccc(C[C@@H](C)NCCOc2ccccc2O[C@@H]2O[C@H](C(=O)O)[C@@H](O)[C@H](O)[C@H]2O)cc1S(N)(=O)=O. The molecule has 0 amide bonds. The minimum Gasteiger partial charge on any atom is -0.495 e. The molecule has 14 heteroatoms. The topological polar surface area (TPSA) is 207 Å². The van der Waals surface area contributed by atoms with E-state index in [1.54, 1.807) is 30.3 Å². The molecule has 1 heterocycles. The fraction of sp³-hybridized carbons (Fsp3) is 0.458. The van der Waals surface area contributed by atoms with E-state index in [0.717, 1.165) is 5.56 Å². The van der Waals surface area contributed by atoms with Crippen molar-refractivity contribution in [3.63, 3.8) is 0 Å². The normalized spacial score (nSPS) is 24.4. The summed E-state index contributed by atoms with van der Waals surface area (Å²) in [5.41, 5.74) is 0.743. The van der Waals surface area contributed by atoms with E-state index in [0.29, 0.717) is 13.0 Å².